The van der Waals surface area contributed by atoms with Crippen molar-refractivity contribution in [3.63, 3.8) is 0 Å². The molecule has 0 radical (unpaired) electrons. The largest absolute Gasteiger partial charge is 0.386 e. The summed E-state index contributed by atoms with van der Waals surface area (Å²) in [7, 11) is 0. The molecule has 1 aromatic carbocycles. The summed E-state index contributed by atoms with van der Waals surface area (Å²) < 4.78 is 11.5. The van der Waals surface area contributed by atoms with Gasteiger partial charge < -0.3 is 14.6 Å². The molecule has 0 saturated carbocycles. The smallest absolute Gasteiger partial charge is 0.105 e. The van der Waals surface area contributed by atoms with Gasteiger partial charge in [0.15, 0.2) is 0 Å². The molecule has 3 rings (SSSR count). The molecule has 3 heteroatoms. The molecular formula is C16H22O3. The normalized spacial score (nSPS) is 34.2. The number of rotatable bonds is 3. The van der Waals surface area contributed by atoms with Crippen LogP contribution in [-0.4, -0.2) is 30.5 Å². The summed E-state index contributed by atoms with van der Waals surface area (Å²) in [4.78, 5) is 0. The average Bonchev–Trinajstić information content (AvgIpc) is 2.95. The number of fused-ring (bicyclic) bond motifs is 1. The summed E-state index contributed by atoms with van der Waals surface area (Å²) in [5.41, 5.74) is 2.28. The Bertz CT molecular complexity index is 426. The standard InChI is InChI=1S/C16H22O3/c1-11-9-15(19-10-12-5-4-8-18-12)16(17)14-7-3-2-6-13(11)14/h2-3,6-7,11-12,15-17H,4-5,8-10H2,1H3. The molecular weight excluding hydrogens is 240 g/mol. The van der Waals surface area contributed by atoms with Gasteiger partial charge in [0.25, 0.3) is 0 Å². The molecule has 0 aromatic heterocycles. The van der Waals surface area contributed by atoms with E-state index in [1.807, 2.05) is 18.2 Å². The van der Waals surface area contributed by atoms with Crippen LogP contribution in [0.2, 0.25) is 0 Å². The summed E-state index contributed by atoms with van der Waals surface area (Å²) in [5.74, 6) is 0.439. The molecule has 1 fully saturated rings. The Morgan fingerprint density at radius 3 is 2.84 bits per heavy atom. The predicted molar refractivity (Wildman–Crippen MR) is 73.1 cm³/mol. The average molecular weight is 262 g/mol. The molecule has 1 saturated heterocycles. The zero-order chi connectivity index (χ0) is 13.2. The van der Waals surface area contributed by atoms with Crippen molar-refractivity contribution in [3.8, 4) is 0 Å². The molecule has 1 aromatic rings. The van der Waals surface area contributed by atoms with Crippen LogP contribution in [0.1, 0.15) is 49.3 Å². The van der Waals surface area contributed by atoms with Gasteiger partial charge in [-0.25, -0.2) is 0 Å². The van der Waals surface area contributed by atoms with Gasteiger partial charge in [-0.2, -0.15) is 0 Å². The van der Waals surface area contributed by atoms with E-state index >= 15 is 0 Å². The van der Waals surface area contributed by atoms with Crippen molar-refractivity contribution in [2.75, 3.05) is 13.2 Å². The lowest BCUT2D eigenvalue weighted by Crippen LogP contribution is -2.32. The second-order valence-electron chi connectivity index (χ2n) is 5.72. The van der Waals surface area contributed by atoms with E-state index in [1.165, 1.54) is 5.56 Å². The van der Waals surface area contributed by atoms with Gasteiger partial charge in [-0.05, 0) is 36.3 Å². The molecule has 0 bridgehead atoms. The van der Waals surface area contributed by atoms with E-state index < -0.39 is 6.10 Å². The maximum absolute atomic E-state index is 10.4. The van der Waals surface area contributed by atoms with Crippen LogP contribution in [0.5, 0.6) is 0 Å². The molecule has 4 unspecified atom stereocenters. The highest BCUT2D eigenvalue weighted by atomic mass is 16.5. The van der Waals surface area contributed by atoms with Gasteiger partial charge in [0.2, 0.25) is 0 Å². The van der Waals surface area contributed by atoms with Crippen molar-refractivity contribution < 1.29 is 14.6 Å². The van der Waals surface area contributed by atoms with E-state index in [0.717, 1.165) is 31.4 Å². The van der Waals surface area contributed by atoms with E-state index in [4.69, 9.17) is 9.47 Å². The topological polar surface area (TPSA) is 38.7 Å². The molecule has 1 aliphatic heterocycles. The first kappa shape index (κ1) is 13.1. The van der Waals surface area contributed by atoms with E-state index in [0.29, 0.717) is 12.5 Å². The second-order valence-corrected chi connectivity index (χ2v) is 5.72. The van der Waals surface area contributed by atoms with Gasteiger partial charge in [-0.3, -0.25) is 0 Å². The Morgan fingerprint density at radius 2 is 2.11 bits per heavy atom. The molecule has 2 aliphatic rings. The number of ether oxygens (including phenoxy) is 2. The van der Waals surface area contributed by atoms with Gasteiger partial charge in [0, 0.05) is 6.61 Å². The number of hydrogen-bond acceptors (Lipinski definition) is 3. The summed E-state index contributed by atoms with van der Waals surface area (Å²) in [6.07, 6.45) is 2.70. The highest BCUT2D eigenvalue weighted by Crippen LogP contribution is 2.38. The molecule has 1 N–H and O–H groups in total. The van der Waals surface area contributed by atoms with Crippen LogP contribution < -0.4 is 0 Å². The molecule has 1 aliphatic carbocycles. The minimum atomic E-state index is -0.506. The number of benzene rings is 1. The first-order valence-corrected chi connectivity index (χ1v) is 7.26. The number of hydrogen-bond donors (Lipinski definition) is 1. The lowest BCUT2D eigenvalue weighted by atomic mass is 9.80. The molecule has 1 heterocycles. The van der Waals surface area contributed by atoms with Crippen LogP contribution in [-0.2, 0) is 9.47 Å². The van der Waals surface area contributed by atoms with Crippen LogP contribution >= 0.6 is 0 Å². The lowest BCUT2D eigenvalue weighted by Gasteiger charge is -2.34. The number of aliphatic hydroxyl groups is 1. The van der Waals surface area contributed by atoms with E-state index in [-0.39, 0.29) is 12.2 Å². The predicted octanol–water partition coefficient (Wildman–Crippen LogP) is 2.79. The van der Waals surface area contributed by atoms with Gasteiger partial charge in [-0.1, -0.05) is 31.2 Å². The van der Waals surface area contributed by atoms with Crippen molar-refractivity contribution in [1.29, 1.82) is 0 Å². The fraction of sp³-hybridized carbons (Fsp3) is 0.625. The highest BCUT2D eigenvalue weighted by Gasteiger charge is 2.33. The zero-order valence-corrected chi connectivity index (χ0v) is 11.4. The molecule has 4 atom stereocenters. The summed E-state index contributed by atoms with van der Waals surface area (Å²) >= 11 is 0. The van der Waals surface area contributed by atoms with Gasteiger partial charge >= 0.3 is 0 Å². The van der Waals surface area contributed by atoms with Crippen LogP contribution in [0.15, 0.2) is 24.3 Å². The highest BCUT2D eigenvalue weighted by molar-refractivity contribution is 5.35. The van der Waals surface area contributed by atoms with Crippen LogP contribution in [0.25, 0.3) is 0 Å². The Balaban J connectivity index is 1.67. The first-order valence-electron chi connectivity index (χ1n) is 7.26. The minimum absolute atomic E-state index is 0.103. The quantitative estimate of drug-likeness (QED) is 0.910. The molecule has 104 valence electrons. The van der Waals surface area contributed by atoms with Gasteiger partial charge in [-0.15, -0.1) is 0 Å². The fourth-order valence-electron chi connectivity index (χ4n) is 3.20. The van der Waals surface area contributed by atoms with Gasteiger partial charge in [0.1, 0.15) is 6.10 Å². The van der Waals surface area contributed by atoms with Crippen LogP contribution in [0, 0.1) is 0 Å². The van der Waals surface area contributed by atoms with Crippen LogP contribution in [0.4, 0.5) is 0 Å². The third-order valence-corrected chi connectivity index (χ3v) is 4.30. The first-order chi connectivity index (χ1) is 9.25. The van der Waals surface area contributed by atoms with Crippen molar-refractivity contribution in [3.05, 3.63) is 35.4 Å². The van der Waals surface area contributed by atoms with Crippen molar-refractivity contribution in [1.82, 2.24) is 0 Å². The SMILES string of the molecule is CC1CC(OCC2CCCO2)C(O)c2ccccc21. The Morgan fingerprint density at radius 1 is 1.32 bits per heavy atom. The molecule has 19 heavy (non-hydrogen) atoms. The molecule has 0 spiro atoms. The summed E-state index contributed by atoms with van der Waals surface area (Å²) in [5, 5.41) is 10.4. The van der Waals surface area contributed by atoms with Crippen molar-refractivity contribution in [2.24, 2.45) is 0 Å². The lowest BCUT2D eigenvalue weighted by molar-refractivity contribution is -0.0816. The maximum Gasteiger partial charge on any atom is 0.105 e. The Kier molecular flexibility index (Phi) is 3.87. The van der Waals surface area contributed by atoms with Crippen molar-refractivity contribution in [2.45, 2.75) is 50.4 Å². The number of aliphatic hydroxyl groups excluding tert-OH is 1. The monoisotopic (exact) mass is 262 g/mol. The summed E-state index contributed by atoms with van der Waals surface area (Å²) in [6, 6.07) is 8.14. The van der Waals surface area contributed by atoms with E-state index in [9.17, 15) is 5.11 Å². The molecule has 0 amide bonds. The van der Waals surface area contributed by atoms with Gasteiger partial charge in [0.05, 0.1) is 18.8 Å². The maximum atomic E-state index is 10.4. The summed E-state index contributed by atoms with van der Waals surface area (Å²) in [6.45, 7) is 3.66. The molecule has 3 nitrogen and oxygen atoms in total. The van der Waals surface area contributed by atoms with Crippen molar-refractivity contribution >= 4 is 0 Å². The van der Waals surface area contributed by atoms with Crippen LogP contribution in [0.3, 0.4) is 0 Å². The Labute approximate surface area is 114 Å². The zero-order valence-electron chi connectivity index (χ0n) is 11.4. The Hall–Kier alpha value is -0.900. The third kappa shape index (κ3) is 2.69. The van der Waals surface area contributed by atoms with E-state index in [1.54, 1.807) is 0 Å². The van der Waals surface area contributed by atoms with E-state index in [2.05, 4.69) is 13.0 Å². The minimum Gasteiger partial charge on any atom is -0.386 e. The fourth-order valence-corrected chi connectivity index (χ4v) is 3.20. The third-order valence-electron chi connectivity index (χ3n) is 4.30. The second kappa shape index (κ2) is 5.61.